The van der Waals surface area contributed by atoms with Crippen LogP contribution in [0.1, 0.15) is 0 Å². The van der Waals surface area contributed by atoms with Gasteiger partial charge in [-0.1, -0.05) is 0 Å². The lowest BCUT2D eigenvalue weighted by atomic mass is 11.0. The summed E-state index contributed by atoms with van der Waals surface area (Å²) in [6.07, 6.45) is 1.00. The van der Waals surface area contributed by atoms with E-state index in [-0.39, 0.29) is 0 Å². The predicted octanol–water partition coefficient (Wildman–Crippen LogP) is 1.44. The summed E-state index contributed by atoms with van der Waals surface area (Å²) < 4.78 is 55.5. The molecule has 3 nitrogen and oxygen atoms in total. The van der Waals surface area contributed by atoms with Crippen LogP contribution in [0.4, 0.5) is 13.2 Å². The van der Waals surface area contributed by atoms with Gasteiger partial charge in [0.05, 0.1) is 0 Å². The highest BCUT2D eigenvalue weighted by Crippen LogP contribution is 2.30. The van der Waals surface area contributed by atoms with Gasteiger partial charge < -0.3 is 0 Å². The molecule has 12 heavy (non-hydrogen) atoms. The van der Waals surface area contributed by atoms with Crippen molar-refractivity contribution in [1.82, 2.24) is 4.98 Å². The van der Waals surface area contributed by atoms with E-state index in [0.29, 0.717) is 11.3 Å². The Balaban J connectivity index is 3.22. The zero-order chi connectivity index (χ0) is 9.41. The van der Waals surface area contributed by atoms with Gasteiger partial charge in [-0.25, -0.2) is 13.4 Å². The molecular formula is C4H2F3NO2S2. The second-order valence-corrected chi connectivity index (χ2v) is 4.76. The van der Waals surface area contributed by atoms with Crippen molar-refractivity contribution < 1.29 is 21.6 Å². The zero-order valence-electron chi connectivity index (χ0n) is 5.37. The van der Waals surface area contributed by atoms with Gasteiger partial charge in [0.25, 0.3) is 0 Å². The largest absolute Gasteiger partial charge is 0.504 e. The average Bonchev–Trinajstić information content (AvgIpc) is 2.34. The fourth-order valence-corrected chi connectivity index (χ4v) is 2.16. The number of aromatic nitrogens is 1. The Hall–Kier alpha value is -0.630. The van der Waals surface area contributed by atoms with E-state index in [4.69, 9.17) is 0 Å². The predicted molar refractivity (Wildman–Crippen MR) is 35.4 cm³/mol. The summed E-state index contributed by atoms with van der Waals surface area (Å²) >= 11 is 0.438. The molecule has 0 saturated carbocycles. The van der Waals surface area contributed by atoms with Gasteiger partial charge in [-0.3, -0.25) is 0 Å². The molecule has 0 unspecified atom stereocenters. The Morgan fingerprint density at radius 2 is 2.00 bits per heavy atom. The molecule has 0 atom stereocenters. The topological polar surface area (TPSA) is 47.0 Å². The molecule has 68 valence electrons. The first-order valence-corrected chi connectivity index (χ1v) is 4.93. The first-order valence-electron chi connectivity index (χ1n) is 2.56. The molecule has 0 radical (unpaired) electrons. The van der Waals surface area contributed by atoms with Crippen molar-refractivity contribution in [2.24, 2.45) is 0 Å². The number of nitrogens with zero attached hydrogens (tertiary/aromatic N) is 1. The van der Waals surface area contributed by atoms with Crippen molar-refractivity contribution in [2.45, 2.75) is 9.85 Å². The Labute approximate surface area is 69.8 Å². The first-order chi connectivity index (χ1) is 5.36. The number of hydrogen-bond acceptors (Lipinski definition) is 4. The van der Waals surface area contributed by atoms with Crippen molar-refractivity contribution in [3.8, 4) is 0 Å². The number of sulfone groups is 1. The minimum atomic E-state index is -5.26. The number of alkyl halides is 3. The maximum atomic E-state index is 11.8. The number of hydrogen-bond donors (Lipinski definition) is 0. The third-order valence-corrected chi connectivity index (χ3v) is 3.63. The Bertz CT molecular complexity index is 352. The summed E-state index contributed by atoms with van der Waals surface area (Å²) in [6, 6.07) is 0. The van der Waals surface area contributed by atoms with E-state index in [1.54, 1.807) is 0 Å². The van der Waals surface area contributed by atoms with Gasteiger partial charge in [-0.15, -0.1) is 11.3 Å². The Morgan fingerprint density at radius 3 is 2.33 bits per heavy atom. The second-order valence-electron chi connectivity index (χ2n) is 1.75. The van der Waals surface area contributed by atoms with Crippen LogP contribution in [0.5, 0.6) is 0 Å². The van der Waals surface area contributed by atoms with Crippen LogP contribution in [-0.2, 0) is 9.84 Å². The van der Waals surface area contributed by atoms with Crippen molar-refractivity contribution in [2.75, 3.05) is 0 Å². The molecule has 8 heteroatoms. The minimum Gasteiger partial charge on any atom is -0.233 e. The Morgan fingerprint density at radius 1 is 1.42 bits per heavy atom. The number of rotatable bonds is 1. The van der Waals surface area contributed by atoms with Crippen LogP contribution < -0.4 is 0 Å². The summed E-state index contributed by atoms with van der Waals surface area (Å²) in [5.41, 5.74) is -5.26. The lowest BCUT2D eigenvalue weighted by Crippen LogP contribution is -2.22. The molecule has 0 aliphatic carbocycles. The van der Waals surface area contributed by atoms with Gasteiger partial charge >= 0.3 is 15.3 Å². The highest BCUT2D eigenvalue weighted by molar-refractivity contribution is 7.94. The van der Waals surface area contributed by atoms with Gasteiger partial charge in [-0.2, -0.15) is 13.2 Å². The quantitative estimate of drug-likeness (QED) is 0.715. The van der Waals surface area contributed by atoms with Gasteiger partial charge in [0, 0.05) is 11.6 Å². The molecule has 1 aromatic rings. The van der Waals surface area contributed by atoms with Crippen LogP contribution in [0.15, 0.2) is 15.9 Å². The fraction of sp³-hybridized carbons (Fsp3) is 0.250. The van der Waals surface area contributed by atoms with Crippen molar-refractivity contribution in [3.63, 3.8) is 0 Å². The molecule has 1 heterocycles. The molecule has 1 rings (SSSR count). The summed E-state index contributed by atoms with van der Waals surface area (Å²) in [5.74, 6) is 0. The smallest absolute Gasteiger partial charge is 0.233 e. The monoisotopic (exact) mass is 217 g/mol. The summed E-state index contributed by atoms with van der Waals surface area (Å²) in [7, 11) is -5.23. The molecule has 0 aliphatic heterocycles. The van der Waals surface area contributed by atoms with Crippen LogP contribution >= 0.6 is 11.3 Å². The van der Waals surface area contributed by atoms with E-state index in [0.717, 1.165) is 6.20 Å². The highest BCUT2D eigenvalue weighted by atomic mass is 32.2. The average molecular weight is 217 g/mol. The molecule has 0 fully saturated rings. The SMILES string of the molecule is O=S(=O)(c1nccs1)C(F)(F)F. The number of halogens is 3. The molecule has 0 N–H and O–H groups in total. The van der Waals surface area contributed by atoms with E-state index in [9.17, 15) is 21.6 Å². The second kappa shape index (κ2) is 2.70. The summed E-state index contributed by atoms with van der Waals surface area (Å²) in [5, 5.41) is 1.17. The lowest BCUT2D eigenvalue weighted by Gasteiger charge is -2.03. The lowest BCUT2D eigenvalue weighted by molar-refractivity contribution is -0.0436. The van der Waals surface area contributed by atoms with Crippen molar-refractivity contribution in [1.29, 1.82) is 0 Å². The normalized spacial score (nSPS) is 13.2. The van der Waals surface area contributed by atoms with E-state index in [2.05, 4.69) is 4.98 Å². The maximum absolute atomic E-state index is 11.8. The van der Waals surface area contributed by atoms with Crippen molar-refractivity contribution in [3.05, 3.63) is 11.6 Å². The third-order valence-electron chi connectivity index (χ3n) is 0.944. The molecule has 0 aromatic carbocycles. The zero-order valence-corrected chi connectivity index (χ0v) is 7.00. The Kier molecular flexibility index (Phi) is 2.13. The maximum Gasteiger partial charge on any atom is 0.504 e. The molecule has 0 spiro atoms. The summed E-state index contributed by atoms with van der Waals surface area (Å²) in [4.78, 5) is 3.06. The number of thiazole rings is 1. The van der Waals surface area contributed by atoms with Gasteiger partial charge in [0.15, 0.2) is 0 Å². The van der Waals surface area contributed by atoms with Crippen LogP contribution in [0.3, 0.4) is 0 Å². The molecule has 0 amide bonds. The molecule has 0 aliphatic rings. The highest BCUT2D eigenvalue weighted by Gasteiger charge is 2.48. The molecule has 0 bridgehead atoms. The summed E-state index contributed by atoms with van der Waals surface area (Å²) in [6.45, 7) is 0. The van der Waals surface area contributed by atoms with Gasteiger partial charge in [-0.05, 0) is 0 Å². The van der Waals surface area contributed by atoms with Crippen LogP contribution in [-0.4, -0.2) is 18.9 Å². The van der Waals surface area contributed by atoms with E-state index < -0.39 is 19.7 Å². The molecule has 1 aromatic heterocycles. The molecular weight excluding hydrogens is 215 g/mol. The van der Waals surface area contributed by atoms with Gasteiger partial charge in [0.1, 0.15) is 0 Å². The first kappa shape index (κ1) is 9.46. The fourth-order valence-electron chi connectivity index (χ4n) is 0.442. The standard InChI is InChI=1S/C4H2F3NO2S2/c5-4(6,7)12(9,10)3-8-1-2-11-3/h1-2H. The van der Waals surface area contributed by atoms with Crippen LogP contribution in [0.25, 0.3) is 0 Å². The van der Waals surface area contributed by atoms with Crippen LogP contribution in [0, 0.1) is 0 Å². The van der Waals surface area contributed by atoms with Crippen molar-refractivity contribution >= 4 is 21.2 Å². The third kappa shape index (κ3) is 1.44. The minimum absolute atomic E-state index is 0.438. The van der Waals surface area contributed by atoms with E-state index >= 15 is 0 Å². The van der Waals surface area contributed by atoms with E-state index in [1.165, 1.54) is 5.38 Å². The van der Waals surface area contributed by atoms with Crippen LogP contribution in [0.2, 0.25) is 0 Å². The van der Waals surface area contributed by atoms with E-state index in [1.807, 2.05) is 0 Å². The van der Waals surface area contributed by atoms with Gasteiger partial charge in [0.2, 0.25) is 4.34 Å². The molecule has 0 saturated heterocycles.